The van der Waals surface area contributed by atoms with E-state index in [1.807, 2.05) is 0 Å². The van der Waals surface area contributed by atoms with Crippen molar-refractivity contribution in [1.82, 2.24) is 0 Å². The zero-order chi connectivity index (χ0) is 9.97. The molecule has 0 aromatic heterocycles. The molecule has 0 fully saturated rings. The molecule has 2 heteroatoms. The molecular weight excluding hydrogens is 174 g/mol. The maximum Gasteiger partial charge on any atom is 0.0721 e. The summed E-state index contributed by atoms with van der Waals surface area (Å²) in [6.45, 7) is 5.91. The minimum absolute atomic E-state index is 0.302. The zero-order valence-corrected chi connectivity index (χ0v) is 8.84. The number of hydrogen-bond donors (Lipinski definition) is 1. The van der Waals surface area contributed by atoms with Crippen molar-refractivity contribution in [2.45, 2.75) is 33.0 Å². The first-order valence-corrected chi connectivity index (χ1v) is 5.23. The van der Waals surface area contributed by atoms with E-state index in [4.69, 9.17) is 4.74 Å². The first kappa shape index (κ1) is 9.53. The van der Waals surface area contributed by atoms with Crippen molar-refractivity contribution in [2.75, 3.05) is 11.9 Å². The molecule has 0 atom stereocenters. The molecule has 1 aliphatic heterocycles. The van der Waals surface area contributed by atoms with Crippen LogP contribution in [0.5, 0.6) is 0 Å². The Hall–Kier alpha value is -1.02. The van der Waals surface area contributed by atoms with Crippen molar-refractivity contribution >= 4 is 5.69 Å². The summed E-state index contributed by atoms with van der Waals surface area (Å²) in [6, 6.07) is 6.56. The molecule has 2 rings (SSSR count). The lowest BCUT2D eigenvalue weighted by molar-refractivity contribution is 0.0657. The van der Waals surface area contributed by atoms with Gasteiger partial charge in [0.2, 0.25) is 0 Å². The van der Waals surface area contributed by atoms with Crippen LogP contribution in [0.3, 0.4) is 0 Å². The van der Waals surface area contributed by atoms with Crippen molar-refractivity contribution in [1.29, 1.82) is 0 Å². The summed E-state index contributed by atoms with van der Waals surface area (Å²) < 4.78 is 5.56. The average molecular weight is 191 g/mol. The van der Waals surface area contributed by atoms with E-state index in [1.54, 1.807) is 0 Å². The van der Waals surface area contributed by atoms with Crippen molar-refractivity contribution in [3.05, 3.63) is 29.3 Å². The van der Waals surface area contributed by atoms with Crippen molar-refractivity contribution in [2.24, 2.45) is 0 Å². The number of benzene rings is 1. The zero-order valence-electron chi connectivity index (χ0n) is 8.84. The summed E-state index contributed by atoms with van der Waals surface area (Å²) in [4.78, 5) is 0. The minimum atomic E-state index is 0.302. The first-order chi connectivity index (χ1) is 6.75. The van der Waals surface area contributed by atoms with Crippen LogP contribution < -0.4 is 5.32 Å². The van der Waals surface area contributed by atoms with Crippen LogP contribution in [0, 0.1) is 0 Å². The van der Waals surface area contributed by atoms with E-state index in [0.29, 0.717) is 12.7 Å². The van der Waals surface area contributed by atoms with Crippen LogP contribution >= 0.6 is 0 Å². The quantitative estimate of drug-likeness (QED) is 0.793. The Bertz CT molecular complexity index is 320. The van der Waals surface area contributed by atoms with Crippen LogP contribution in [-0.4, -0.2) is 12.6 Å². The molecule has 1 aromatic carbocycles. The van der Waals surface area contributed by atoms with Gasteiger partial charge in [-0.3, -0.25) is 0 Å². The van der Waals surface area contributed by atoms with Gasteiger partial charge in [0.1, 0.15) is 0 Å². The minimum Gasteiger partial charge on any atom is -0.384 e. The number of nitrogens with one attached hydrogen (secondary N) is 1. The summed E-state index contributed by atoms with van der Waals surface area (Å²) >= 11 is 0. The highest BCUT2D eigenvalue weighted by molar-refractivity contribution is 5.56. The van der Waals surface area contributed by atoms with Gasteiger partial charge < -0.3 is 10.1 Å². The van der Waals surface area contributed by atoms with Gasteiger partial charge in [-0.25, -0.2) is 0 Å². The van der Waals surface area contributed by atoms with E-state index in [-0.39, 0.29) is 0 Å². The predicted molar refractivity (Wildman–Crippen MR) is 58.6 cm³/mol. The molecule has 76 valence electrons. The number of fused-ring (bicyclic) bond motifs is 1. The molecule has 0 spiro atoms. The molecule has 1 aromatic rings. The van der Waals surface area contributed by atoms with E-state index in [0.717, 1.165) is 13.0 Å². The molecule has 0 saturated heterocycles. The standard InChI is InChI=1S/C12H17NO/c1-9(2)14-8-10-3-4-11-5-6-13-12(11)7-10/h3-4,7,9,13H,5-6,8H2,1-2H3. The fourth-order valence-corrected chi connectivity index (χ4v) is 1.69. The molecule has 0 radical (unpaired) electrons. The Morgan fingerprint density at radius 2 is 2.29 bits per heavy atom. The van der Waals surface area contributed by atoms with Crippen LogP contribution in [0.1, 0.15) is 25.0 Å². The summed E-state index contributed by atoms with van der Waals surface area (Å²) in [5.41, 5.74) is 3.97. The van der Waals surface area contributed by atoms with Gasteiger partial charge in [0.25, 0.3) is 0 Å². The Morgan fingerprint density at radius 3 is 3.07 bits per heavy atom. The van der Waals surface area contributed by atoms with Gasteiger partial charge in [0, 0.05) is 12.2 Å². The average Bonchev–Trinajstić information content (AvgIpc) is 2.61. The second-order valence-electron chi connectivity index (χ2n) is 4.03. The predicted octanol–water partition coefficient (Wildman–Crippen LogP) is 2.58. The number of rotatable bonds is 3. The lowest BCUT2D eigenvalue weighted by atomic mass is 10.1. The molecule has 14 heavy (non-hydrogen) atoms. The SMILES string of the molecule is CC(C)OCc1ccc2c(c1)NCC2. The van der Waals surface area contributed by atoms with Gasteiger partial charge in [0.15, 0.2) is 0 Å². The fraction of sp³-hybridized carbons (Fsp3) is 0.500. The Kier molecular flexibility index (Phi) is 2.73. The molecule has 1 N–H and O–H groups in total. The maximum atomic E-state index is 5.56. The lowest BCUT2D eigenvalue weighted by Crippen LogP contribution is -2.02. The highest BCUT2D eigenvalue weighted by Gasteiger charge is 2.09. The Labute approximate surface area is 85.3 Å². The Morgan fingerprint density at radius 1 is 1.43 bits per heavy atom. The van der Waals surface area contributed by atoms with Crippen LogP contribution in [0.4, 0.5) is 5.69 Å². The highest BCUT2D eigenvalue weighted by Crippen LogP contribution is 2.23. The summed E-state index contributed by atoms with van der Waals surface area (Å²) in [5, 5.41) is 3.37. The molecule has 1 aliphatic rings. The second-order valence-corrected chi connectivity index (χ2v) is 4.03. The summed E-state index contributed by atoms with van der Waals surface area (Å²) in [7, 11) is 0. The summed E-state index contributed by atoms with van der Waals surface area (Å²) in [5.74, 6) is 0. The molecule has 0 unspecified atom stereocenters. The Balaban J connectivity index is 2.05. The molecule has 0 bridgehead atoms. The third-order valence-electron chi connectivity index (χ3n) is 2.47. The van der Waals surface area contributed by atoms with Crippen molar-refractivity contribution in [3.8, 4) is 0 Å². The van der Waals surface area contributed by atoms with E-state index in [2.05, 4.69) is 37.4 Å². The van der Waals surface area contributed by atoms with Gasteiger partial charge >= 0.3 is 0 Å². The third-order valence-corrected chi connectivity index (χ3v) is 2.47. The second kappa shape index (κ2) is 4.01. The highest BCUT2D eigenvalue weighted by atomic mass is 16.5. The number of ether oxygens (including phenoxy) is 1. The van der Waals surface area contributed by atoms with E-state index in [9.17, 15) is 0 Å². The largest absolute Gasteiger partial charge is 0.384 e. The van der Waals surface area contributed by atoms with Crippen LogP contribution in [0.15, 0.2) is 18.2 Å². The van der Waals surface area contributed by atoms with E-state index < -0.39 is 0 Å². The van der Waals surface area contributed by atoms with Crippen molar-refractivity contribution in [3.63, 3.8) is 0 Å². The van der Waals surface area contributed by atoms with Gasteiger partial charge in [-0.2, -0.15) is 0 Å². The topological polar surface area (TPSA) is 21.3 Å². The lowest BCUT2D eigenvalue weighted by Gasteiger charge is -2.08. The van der Waals surface area contributed by atoms with Crippen LogP contribution in [-0.2, 0) is 17.8 Å². The van der Waals surface area contributed by atoms with E-state index >= 15 is 0 Å². The first-order valence-electron chi connectivity index (χ1n) is 5.23. The van der Waals surface area contributed by atoms with Crippen LogP contribution in [0.25, 0.3) is 0 Å². The molecule has 0 amide bonds. The van der Waals surface area contributed by atoms with Gasteiger partial charge in [-0.05, 0) is 37.5 Å². The van der Waals surface area contributed by atoms with Gasteiger partial charge in [-0.1, -0.05) is 12.1 Å². The molecule has 2 nitrogen and oxygen atoms in total. The molecule has 0 aliphatic carbocycles. The smallest absolute Gasteiger partial charge is 0.0721 e. The molecular formula is C12H17NO. The van der Waals surface area contributed by atoms with Crippen molar-refractivity contribution < 1.29 is 4.74 Å². The normalized spacial score (nSPS) is 14.2. The van der Waals surface area contributed by atoms with Crippen LogP contribution in [0.2, 0.25) is 0 Å². The number of anilines is 1. The number of hydrogen-bond acceptors (Lipinski definition) is 2. The molecule has 0 saturated carbocycles. The fourth-order valence-electron chi connectivity index (χ4n) is 1.69. The van der Waals surface area contributed by atoms with E-state index in [1.165, 1.54) is 16.8 Å². The summed E-state index contributed by atoms with van der Waals surface area (Å²) in [6.07, 6.45) is 1.46. The monoisotopic (exact) mass is 191 g/mol. The maximum absolute atomic E-state index is 5.56. The third kappa shape index (κ3) is 2.07. The van der Waals surface area contributed by atoms with Gasteiger partial charge in [-0.15, -0.1) is 0 Å². The van der Waals surface area contributed by atoms with Gasteiger partial charge in [0.05, 0.1) is 12.7 Å². The molecule has 1 heterocycles.